The number of hydrogen-bond donors (Lipinski definition) is 1. The van der Waals surface area contributed by atoms with Crippen molar-refractivity contribution in [2.45, 2.75) is 33.1 Å². The van der Waals surface area contributed by atoms with Gasteiger partial charge in [-0.2, -0.15) is 0 Å². The lowest BCUT2D eigenvalue weighted by atomic mass is 10.0. The van der Waals surface area contributed by atoms with Crippen LogP contribution in [0.3, 0.4) is 0 Å². The summed E-state index contributed by atoms with van der Waals surface area (Å²) in [5, 5.41) is 0. The molecule has 2 rings (SSSR count). The molecule has 104 valence electrons. The fourth-order valence-electron chi connectivity index (χ4n) is 2.44. The second-order valence-corrected chi connectivity index (χ2v) is 5.49. The van der Waals surface area contributed by atoms with Crippen molar-refractivity contribution in [3.05, 3.63) is 29.6 Å². The summed E-state index contributed by atoms with van der Waals surface area (Å²) in [6, 6.07) is 4.14. The number of likely N-dealkylation sites (tertiary alicyclic amines) is 1. The maximum absolute atomic E-state index is 6.06. The molecular formula is C15H24N4. The highest BCUT2D eigenvalue weighted by Crippen LogP contribution is 2.14. The number of aliphatic imine (C=N–C) groups is 1. The van der Waals surface area contributed by atoms with Crippen LogP contribution in [0.4, 0.5) is 0 Å². The largest absolute Gasteiger partial charge is 0.370 e. The molecule has 4 nitrogen and oxygen atoms in total. The Labute approximate surface area is 115 Å². The molecule has 19 heavy (non-hydrogen) atoms. The summed E-state index contributed by atoms with van der Waals surface area (Å²) in [4.78, 5) is 11.0. The molecule has 0 radical (unpaired) electrons. The van der Waals surface area contributed by atoms with E-state index in [2.05, 4.69) is 27.9 Å². The van der Waals surface area contributed by atoms with Crippen molar-refractivity contribution in [2.24, 2.45) is 16.6 Å². The minimum atomic E-state index is 0.701. The second-order valence-electron chi connectivity index (χ2n) is 5.49. The van der Waals surface area contributed by atoms with Gasteiger partial charge in [0.2, 0.25) is 0 Å². The maximum atomic E-state index is 6.06. The summed E-state index contributed by atoms with van der Waals surface area (Å²) in [5.41, 5.74) is 8.33. The van der Waals surface area contributed by atoms with Crippen LogP contribution in [0.1, 0.15) is 31.0 Å². The van der Waals surface area contributed by atoms with E-state index in [-0.39, 0.29) is 0 Å². The highest BCUT2D eigenvalue weighted by atomic mass is 15.3. The van der Waals surface area contributed by atoms with Crippen molar-refractivity contribution >= 4 is 5.96 Å². The summed E-state index contributed by atoms with van der Waals surface area (Å²) in [7, 11) is 0. The molecule has 0 saturated carbocycles. The van der Waals surface area contributed by atoms with Gasteiger partial charge in [-0.05, 0) is 43.7 Å². The van der Waals surface area contributed by atoms with Crippen molar-refractivity contribution in [3.8, 4) is 0 Å². The Morgan fingerprint density at radius 3 is 3.05 bits per heavy atom. The summed E-state index contributed by atoms with van der Waals surface area (Å²) in [6.45, 7) is 7.10. The Morgan fingerprint density at radius 1 is 1.53 bits per heavy atom. The minimum absolute atomic E-state index is 0.701. The van der Waals surface area contributed by atoms with E-state index in [1.807, 2.05) is 19.2 Å². The maximum Gasteiger partial charge on any atom is 0.191 e. The number of piperidine rings is 1. The van der Waals surface area contributed by atoms with Crippen LogP contribution < -0.4 is 5.73 Å². The van der Waals surface area contributed by atoms with Crippen molar-refractivity contribution < 1.29 is 0 Å². The third-order valence-electron chi connectivity index (χ3n) is 3.63. The van der Waals surface area contributed by atoms with Gasteiger partial charge in [0.25, 0.3) is 0 Å². The van der Waals surface area contributed by atoms with Crippen LogP contribution in [-0.4, -0.2) is 35.5 Å². The van der Waals surface area contributed by atoms with E-state index < -0.39 is 0 Å². The number of rotatable bonds is 3. The minimum Gasteiger partial charge on any atom is -0.370 e. The van der Waals surface area contributed by atoms with Crippen LogP contribution in [-0.2, 0) is 6.42 Å². The zero-order chi connectivity index (χ0) is 13.7. The van der Waals surface area contributed by atoms with Crippen molar-refractivity contribution in [2.75, 3.05) is 19.6 Å². The first-order valence-corrected chi connectivity index (χ1v) is 7.11. The standard InChI is InChI=1S/C15H24N4/c1-12-4-3-9-19(11-12)15(16)17-8-7-14-6-5-13(2)18-10-14/h5-6,10,12H,3-4,7-9,11H2,1-2H3,(H2,16,17). The monoisotopic (exact) mass is 260 g/mol. The van der Waals surface area contributed by atoms with E-state index >= 15 is 0 Å². The smallest absolute Gasteiger partial charge is 0.191 e. The van der Waals surface area contributed by atoms with Gasteiger partial charge in [-0.15, -0.1) is 0 Å². The molecule has 4 heteroatoms. The van der Waals surface area contributed by atoms with Gasteiger partial charge in [0.05, 0.1) is 0 Å². The van der Waals surface area contributed by atoms with Crippen molar-refractivity contribution in [3.63, 3.8) is 0 Å². The number of nitrogens with zero attached hydrogens (tertiary/aromatic N) is 3. The molecule has 1 fully saturated rings. The van der Waals surface area contributed by atoms with E-state index in [0.717, 1.165) is 37.7 Å². The first kappa shape index (κ1) is 13.8. The molecule has 0 aliphatic carbocycles. The average molecular weight is 260 g/mol. The number of pyridine rings is 1. The normalized spacial score (nSPS) is 20.6. The van der Waals surface area contributed by atoms with Crippen LogP contribution in [0.15, 0.2) is 23.3 Å². The SMILES string of the molecule is Cc1ccc(CCN=C(N)N2CCCC(C)C2)cn1. The van der Waals surface area contributed by atoms with E-state index in [1.54, 1.807) is 0 Å². The van der Waals surface area contributed by atoms with Crippen LogP contribution >= 0.6 is 0 Å². The lowest BCUT2D eigenvalue weighted by Gasteiger charge is -2.31. The van der Waals surface area contributed by atoms with Gasteiger partial charge in [0.15, 0.2) is 5.96 Å². The summed E-state index contributed by atoms with van der Waals surface area (Å²) in [6.07, 6.45) is 5.35. The molecule has 1 saturated heterocycles. The summed E-state index contributed by atoms with van der Waals surface area (Å²) < 4.78 is 0. The van der Waals surface area contributed by atoms with E-state index in [4.69, 9.17) is 5.73 Å². The average Bonchev–Trinajstić information content (AvgIpc) is 2.41. The van der Waals surface area contributed by atoms with Gasteiger partial charge >= 0.3 is 0 Å². The molecule has 1 aliphatic heterocycles. The van der Waals surface area contributed by atoms with Gasteiger partial charge in [-0.3, -0.25) is 9.98 Å². The fourth-order valence-corrected chi connectivity index (χ4v) is 2.44. The van der Waals surface area contributed by atoms with Crippen LogP contribution in [0.2, 0.25) is 0 Å². The molecule has 2 heterocycles. The van der Waals surface area contributed by atoms with Gasteiger partial charge in [-0.25, -0.2) is 0 Å². The number of aryl methyl sites for hydroxylation is 1. The van der Waals surface area contributed by atoms with E-state index in [1.165, 1.54) is 18.4 Å². The van der Waals surface area contributed by atoms with Crippen LogP contribution in [0, 0.1) is 12.8 Å². The van der Waals surface area contributed by atoms with Gasteiger partial charge in [0.1, 0.15) is 0 Å². The fraction of sp³-hybridized carbons (Fsp3) is 0.600. The number of hydrogen-bond acceptors (Lipinski definition) is 2. The molecule has 1 atom stereocenters. The first-order chi connectivity index (χ1) is 9.15. The van der Waals surface area contributed by atoms with Crippen molar-refractivity contribution in [1.29, 1.82) is 0 Å². The lowest BCUT2D eigenvalue weighted by molar-refractivity contribution is 0.270. The molecule has 1 aromatic heterocycles. The van der Waals surface area contributed by atoms with Gasteiger partial charge in [0, 0.05) is 31.5 Å². The third-order valence-corrected chi connectivity index (χ3v) is 3.63. The molecule has 2 N–H and O–H groups in total. The summed E-state index contributed by atoms with van der Waals surface area (Å²) in [5.74, 6) is 1.43. The number of aromatic nitrogens is 1. The number of nitrogens with two attached hydrogens (primary N) is 1. The molecular weight excluding hydrogens is 236 g/mol. The number of guanidine groups is 1. The molecule has 1 aromatic rings. The van der Waals surface area contributed by atoms with E-state index in [9.17, 15) is 0 Å². The predicted octanol–water partition coefficient (Wildman–Crippen LogP) is 1.98. The van der Waals surface area contributed by atoms with E-state index in [0.29, 0.717) is 5.96 Å². The van der Waals surface area contributed by atoms with Gasteiger partial charge in [-0.1, -0.05) is 13.0 Å². The predicted molar refractivity (Wildman–Crippen MR) is 79.1 cm³/mol. The highest BCUT2D eigenvalue weighted by molar-refractivity contribution is 5.78. The van der Waals surface area contributed by atoms with Gasteiger partial charge < -0.3 is 10.6 Å². The zero-order valence-electron chi connectivity index (χ0n) is 12.0. The Morgan fingerprint density at radius 2 is 2.37 bits per heavy atom. The van der Waals surface area contributed by atoms with Crippen LogP contribution in [0.5, 0.6) is 0 Å². The topological polar surface area (TPSA) is 54.5 Å². The summed E-state index contributed by atoms with van der Waals surface area (Å²) >= 11 is 0. The Hall–Kier alpha value is -1.58. The van der Waals surface area contributed by atoms with Crippen LogP contribution in [0.25, 0.3) is 0 Å². The third kappa shape index (κ3) is 4.23. The molecule has 0 bridgehead atoms. The molecule has 1 aliphatic rings. The quantitative estimate of drug-likeness (QED) is 0.668. The Balaban J connectivity index is 1.82. The molecule has 1 unspecified atom stereocenters. The lowest BCUT2D eigenvalue weighted by Crippen LogP contribution is -2.43. The zero-order valence-corrected chi connectivity index (χ0v) is 12.0. The van der Waals surface area contributed by atoms with Crippen molar-refractivity contribution in [1.82, 2.24) is 9.88 Å². The highest BCUT2D eigenvalue weighted by Gasteiger charge is 2.17. The second kappa shape index (κ2) is 6.55. The molecule has 0 amide bonds. The molecule has 0 spiro atoms. The Bertz CT molecular complexity index is 424. The Kier molecular flexibility index (Phi) is 4.77. The first-order valence-electron chi connectivity index (χ1n) is 7.11. The molecule has 0 aromatic carbocycles.